The zero-order valence-corrected chi connectivity index (χ0v) is 39.3. The molecule has 2 N–H and O–H groups in total. The van der Waals surface area contributed by atoms with Crippen LogP contribution in [0.15, 0.2) is 179 Å². The van der Waals surface area contributed by atoms with Crippen LogP contribution in [-0.2, 0) is 20.0 Å². The second kappa shape index (κ2) is 17.0. The summed E-state index contributed by atoms with van der Waals surface area (Å²) in [6.45, 7) is 3.84. The number of fused-ring (bicyclic) bond motifs is 4. The van der Waals surface area contributed by atoms with E-state index in [0.29, 0.717) is 28.0 Å². The van der Waals surface area contributed by atoms with Crippen molar-refractivity contribution in [1.29, 1.82) is 0 Å². The predicted octanol–water partition coefficient (Wildman–Crippen LogP) is 11.7. The molecule has 0 atom stereocenters. The van der Waals surface area contributed by atoms with Gasteiger partial charge in [-0.2, -0.15) is 0 Å². The van der Waals surface area contributed by atoms with Crippen LogP contribution in [0.25, 0.3) is 77.3 Å². The topological polar surface area (TPSA) is 162 Å². The van der Waals surface area contributed by atoms with Crippen LogP contribution in [0, 0.1) is 13.8 Å². The van der Waals surface area contributed by atoms with Gasteiger partial charge in [0.2, 0.25) is 0 Å². The summed E-state index contributed by atoms with van der Waals surface area (Å²) in [4.78, 5) is 27.2. The van der Waals surface area contributed by atoms with Crippen LogP contribution < -0.4 is 4.74 Å². The number of nitrogens with one attached hydrogen (secondary N) is 2. The van der Waals surface area contributed by atoms with Crippen molar-refractivity contribution in [2.24, 2.45) is 0 Å². The summed E-state index contributed by atoms with van der Waals surface area (Å²) in [5.74, 6) is 0.454. The standard InChI is InChI=1S/C30H23N3O4S.C22H16BrN3O2S/c1-19-3-8-25(9-4-19)38(35,36)33-17-27(21-7-10-28-22(13-21)11-12-31-28)26-14-24(16-32-30(26)33)20-5-6-23(18-34)29(15-20)37-2;1-14-2-5-18(6-3-14)29(27,28)26-13-20(19-11-17(23)12-25-22(19)26)15-4-7-21-16(10-15)8-9-24-21/h3-18,31H,1-2H3;2-13,24H,1H3. The molecule has 67 heavy (non-hydrogen) atoms. The molecule has 0 radical (unpaired) electrons. The molecule has 0 bridgehead atoms. The average molecular weight is 988 g/mol. The van der Waals surface area contributed by atoms with Crippen LogP contribution in [-0.4, -0.2) is 58.1 Å². The van der Waals surface area contributed by atoms with Gasteiger partial charge in [-0.1, -0.05) is 53.6 Å². The molecule has 0 fully saturated rings. The summed E-state index contributed by atoms with van der Waals surface area (Å²) >= 11 is 3.46. The van der Waals surface area contributed by atoms with Gasteiger partial charge in [-0.15, -0.1) is 0 Å². The molecule has 0 spiro atoms. The highest BCUT2D eigenvalue weighted by molar-refractivity contribution is 9.10. The Hall–Kier alpha value is -7.59. The Labute approximate surface area is 393 Å². The number of aromatic nitrogens is 6. The van der Waals surface area contributed by atoms with Gasteiger partial charge in [0.05, 0.1) is 22.5 Å². The first-order valence-electron chi connectivity index (χ1n) is 20.9. The van der Waals surface area contributed by atoms with Gasteiger partial charge >= 0.3 is 0 Å². The minimum atomic E-state index is -3.91. The van der Waals surface area contributed by atoms with Gasteiger partial charge in [0, 0.05) is 80.1 Å². The highest BCUT2D eigenvalue weighted by Crippen LogP contribution is 2.38. The summed E-state index contributed by atoms with van der Waals surface area (Å²) in [6.07, 6.45) is 11.1. The van der Waals surface area contributed by atoms with E-state index in [1.807, 2.05) is 93.0 Å². The normalized spacial score (nSPS) is 11.9. The maximum Gasteiger partial charge on any atom is 0.269 e. The Bertz CT molecular complexity index is 3950. The smallest absolute Gasteiger partial charge is 0.269 e. The molecule has 6 heterocycles. The first kappa shape index (κ1) is 43.3. The second-order valence-electron chi connectivity index (χ2n) is 16.1. The highest BCUT2D eigenvalue weighted by Gasteiger charge is 2.25. The number of aldehydes is 1. The van der Waals surface area contributed by atoms with Crippen molar-refractivity contribution in [3.8, 4) is 39.1 Å². The highest BCUT2D eigenvalue weighted by atomic mass is 79.9. The number of hydrogen-bond acceptors (Lipinski definition) is 8. The molecule has 11 aromatic rings. The molecule has 6 aromatic heterocycles. The van der Waals surface area contributed by atoms with Crippen molar-refractivity contribution in [1.82, 2.24) is 27.9 Å². The zero-order valence-electron chi connectivity index (χ0n) is 36.1. The van der Waals surface area contributed by atoms with Gasteiger partial charge in [0.25, 0.3) is 20.0 Å². The summed E-state index contributed by atoms with van der Waals surface area (Å²) in [6, 6.07) is 38.7. The first-order chi connectivity index (χ1) is 32.3. The Morgan fingerprint density at radius 3 is 1.57 bits per heavy atom. The van der Waals surface area contributed by atoms with Crippen LogP contribution in [0.5, 0.6) is 5.75 Å². The maximum atomic E-state index is 13.8. The molecule has 15 heteroatoms. The minimum Gasteiger partial charge on any atom is -0.496 e. The monoisotopic (exact) mass is 986 g/mol. The van der Waals surface area contributed by atoms with Crippen molar-refractivity contribution < 1.29 is 26.4 Å². The average Bonchev–Trinajstić information content (AvgIpc) is 4.16. The van der Waals surface area contributed by atoms with E-state index in [4.69, 9.17) is 4.74 Å². The molecule has 0 aliphatic rings. The quantitative estimate of drug-likeness (QED) is 0.135. The van der Waals surface area contributed by atoms with E-state index in [1.165, 1.54) is 15.1 Å². The van der Waals surface area contributed by atoms with Crippen LogP contribution in [0.3, 0.4) is 0 Å². The number of carbonyl (C=O) groups excluding carboxylic acids is 1. The molecule has 332 valence electrons. The number of nitrogens with zero attached hydrogens (tertiary/aromatic N) is 4. The fraction of sp³-hybridized carbons (Fsp3) is 0.0577. The number of rotatable bonds is 9. The summed E-state index contributed by atoms with van der Waals surface area (Å²) in [7, 11) is -6.18. The molecular formula is C52H39BrN6O6S2. The Morgan fingerprint density at radius 2 is 1.06 bits per heavy atom. The van der Waals surface area contributed by atoms with Crippen molar-refractivity contribution in [3.63, 3.8) is 0 Å². The minimum absolute atomic E-state index is 0.188. The molecule has 0 aliphatic heterocycles. The van der Waals surface area contributed by atoms with E-state index >= 15 is 0 Å². The number of pyridine rings is 2. The summed E-state index contributed by atoms with van der Waals surface area (Å²) in [5.41, 5.74) is 10.1. The molecule has 0 aliphatic carbocycles. The third-order valence-electron chi connectivity index (χ3n) is 11.8. The summed E-state index contributed by atoms with van der Waals surface area (Å²) in [5, 5.41) is 3.53. The molecule has 0 amide bonds. The molecular weight excluding hydrogens is 949 g/mol. The van der Waals surface area contributed by atoms with Gasteiger partial charge in [0.15, 0.2) is 17.6 Å². The lowest BCUT2D eigenvalue weighted by molar-refractivity contribution is 0.112. The van der Waals surface area contributed by atoms with E-state index in [9.17, 15) is 21.6 Å². The van der Waals surface area contributed by atoms with E-state index in [1.54, 1.807) is 85.5 Å². The Morgan fingerprint density at radius 1 is 0.567 bits per heavy atom. The van der Waals surface area contributed by atoms with Crippen molar-refractivity contribution in [2.45, 2.75) is 23.6 Å². The largest absolute Gasteiger partial charge is 0.496 e. The number of benzene rings is 5. The van der Waals surface area contributed by atoms with E-state index in [2.05, 4.69) is 35.9 Å². The van der Waals surface area contributed by atoms with Gasteiger partial charge < -0.3 is 14.7 Å². The lowest BCUT2D eigenvalue weighted by Gasteiger charge is -2.09. The van der Waals surface area contributed by atoms with Crippen molar-refractivity contribution >= 4 is 86.1 Å². The van der Waals surface area contributed by atoms with Gasteiger partial charge in [-0.25, -0.2) is 34.7 Å². The summed E-state index contributed by atoms with van der Waals surface area (Å²) < 4.78 is 62.9. The Balaban J connectivity index is 0.000000162. The second-order valence-corrected chi connectivity index (χ2v) is 20.6. The van der Waals surface area contributed by atoms with Crippen LogP contribution in [0.4, 0.5) is 0 Å². The molecule has 11 rings (SSSR count). The maximum absolute atomic E-state index is 13.8. The molecule has 0 saturated heterocycles. The molecule has 0 unspecified atom stereocenters. The van der Waals surface area contributed by atoms with E-state index < -0.39 is 20.0 Å². The van der Waals surface area contributed by atoms with Gasteiger partial charge in [-0.3, -0.25) is 4.79 Å². The van der Waals surface area contributed by atoms with Crippen LogP contribution >= 0.6 is 15.9 Å². The number of halogens is 1. The predicted molar refractivity (Wildman–Crippen MR) is 267 cm³/mol. The van der Waals surface area contributed by atoms with Crippen molar-refractivity contribution in [2.75, 3.05) is 7.11 Å². The lowest BCUT2D eigenvalue weighted by atomic mass is 10.0. The van der Waals surface area contributed by atoms with Gasteiger partial charge in [0.1, 0.15) is 5.75 Å². The third kappa shape index (κ3) is 7.90. The van der Waals surface area contributed by atoms with Crippen LogP contribution in [0.2, 0.25) is 0 Å². The third-order valence-corrected chi connectivity index (χ3v) is 15.5. The number of methoxy groups -OCH3 is 1. The Kier molecular flexibility index (Phi) is 11.0. The molecule has 5 aromatic carbocycles. The van der Waals surface area contributed by atoms with E-state index in [-0.39, 0.29) is 9.79 Å². The van der Waals surface area contributed by atoms with Crippen molar-refractivity contribution in [3.05, 3.63) is 186 Å². The zero-order chi connectivity index (χ0) is 46.6. The number of carbonyl (C=O) groups is 1. The van der Waals surface area contributed by atoms with E-state index in [0.717, 1.165) is 82.5 Å². The first-order valence-corrected chi connectivity index (χ1v) is 24.6. The molecule has 0 saturated carbocycles. The fourth-order valence-electron chi connectivity index (χ4n) is 8.19. The fourth-order valence-corrected chi connectivity index (χ4v) is 11.2. The van der Waals surface area contributed by atoms with Crippen LogP contribution in [0.1, 0.15) is 21.5 Å². The number of hydrogen-bond donors (Lipinski definition) is 2. The number of aryl methyl sites for hydroxylation is 2. The van der Waals surface area contributed by atoms with Gasteiger partial charge in [-0.05, 0) is 142 Å². The lowest BCUT2D eigenvalue weighted by Crippen LogP contribution is -2.12. The number of aromatic amines is 2. The number of H-pyrrole nitrogens is 2. The SMILES string of the molecule is COc1cc(-c2cnc3c(c2)c(-c2ccc4[nH]ccc4c2)cn3S(=O)(=O)c2ccc(C)cc2)ccc1C=O.Cc1ccc(S(=O)(=O)n2cc(-c3ccc4[nH]ccc4c3)c3cc(Br)cnc32)cc1. The number of ether oxygens (including phenoxy) is 1. The molecule has 12 nitrogen and oxygen atoms in total.